The van der Waals surface area contributed by atoms with Crippen molar-refractivity contribution in [3.63, 3.8) is 0 Å². The van der Waals surface area contributed by atoms with E-state index in [9.17, 15) is 20.1 Å². The largest absolute Gasteiger partial charge is 0.506 e. The zero-order chi connectivity index (χ0) is 19.2. The third-order valence-electron chi connectivity index (χ3n) is 4.72. The lowest BCUT2D eigenvalue weighted by atomic mass is 9.79. The zero-order valence-electron chi connectivity index (χ0n) is 15.5. The highest BCUT2D eigenvalue weighted by Crippen LogP contribution is 2.46. The molecule has 0 fully saturated rings. The maximum absolute atomic E-state index is 12.5. The summed E-state index contributed by atoms with van der Waals surface area (Å²) in [6.07, 6.45) is 3.87. The van der Waals surface area contributed by atoms with Crippen LogP contribution in [0.5, 0.6) is 17.2 Å². The molecule has 138 valence electrons. The molecule has 0 saturated carbocycles. The van der Waals surface area contributed by atoms with Crippen LogP contribution in [0.4, 0.5) is 0 Å². The van der Waals surface area contributed by atoms with Gasteiger partial charge in [0.1, 0.15) is 17.2 Å². The van der Waals surface area contributed by atoms with Gasteiger partial charge in [0.2, 0.25) is 0 Å². The van der Waals surface area contributed by atoms with E-state index in [4.69, 9.17) is 4.74 Å². The maximum Gasteiger partial charge on any atom is 0.169 e. The number of hydrogen-bond acceptors (Lipinski definition) is 5. The number of ether oxygens (including phenoxy) is 1. The van der Waals surface area contributed by atoms with Gasteiger partial charge in [-0.2, -0.15) is 0 Å². The summed E-state index contributed by atoms with van der Waals surface area (Å²) in [6.45, 7) is 5.63. The number of Topliss-reactive ketones (excluding diaryl/α,β-unsaturated/α-hetero) is 1. The van der Waals surface area contributed by atoms with Crippen molar-refractivity contribution in [2.24, 2.45) is 5.92 Å². The lowest BCUT2D eigenvalue weighted by molar-refractivity contribution is 0.0409. The Bertz CT molecular complexity index is 922. The van der Waals surface area contributed by atoms with E-state index in [1.807, 2.05) is 19.9 Å². The van der Waals surface area contributed by atoms with Crippen LogP contribution in [0.25, 0.3) is 16.8 Å². The van der Waals surface area contributed by atoms with Crippen molar-refractivity contribution in [2.45, 2.75) is 39.2 Å². The highest BCUT2D eigenvalue weighted by atomic mass is 16.5. The van der Waals surface area contributed by atoms with Gasteiger partial charge in [0.25, 0.3) is 0 Å². The molecule has 3 rings (SSSR count). The highest BCUT2D eigenvalue weighted by Gasteiger charge is 2.36. The minimum Gasteiger partial charge on any atom is -0.506 e. The summed E-state index contributed by atoms with van der Waals surface area (Å²) in [5.74, 6) is 0.0556. The third kappa shape index (κ3) is 3.03. The molecule has 0 amide bonds. The molecule has 5 nitrogen and oxygen atoms in total. The van der Waals surface area contributed by atoms with Crippen molar-refractivity contribution >= 4 is 22.6 Å². The average Bonchev–Trinajstić information content (AvgIpc) is 2.51. The summed E-state index contributed by atoms with van der Waals surface area (Å²) in [4.78, 5) is 12.5. The van der Waals surface area contributed by atoms with Crippen LogP contribution in [0.3, 0.4) is 0 Å². The van der Waals surface area contributed by atoms with E-state index in [2.05, 4.69) is 0 Å². The summed E-state index contributed by atoms with van der Waals surface area (Å²) < 4.78 is 5.40. The molecule has 0 aromatic heterocycles. The first-order valence-corrected chi connectivity index (χ1v) is 8.67. The number of carbonyl (C=O) groups is 1. The predicted octanol–water partition coefficient (Wildman–Crippen LogP) is 3.81. The molecule has 0 unspecified atom stereocenters. The van der Waals surface area contributed by atoms with Gasteiger partial charge in [-0.15, -0.1) is 0 Å². The summed E-state index contributed by atoms with van der Waals surface area (Å²) in [5.41, 5.74) is 0.0710. The number of hydrogen-bond donors (Lipinski definition) is 3. The molecule has 0 bridgehead atoms. The number of ketones is 1. The molecule has 0 saturated heterocycles. The van der Waals surface area contributed by atoms with E-state index < -0.39 is 5.60 Å². The monoisotopic (exact) mass is 356 g/mol. The molecule has 0 aliphatic heterocycles. The van der Waals surface area contributed by atoms with Crippen LogP contribution in [0, 0.1) is 5.92 Å². The van der Waals surface area contributed by atoms with Crippen LogP contribution in [0.1, 0.15) is 48.7 Å². The highest BCUT2D eigenvalue weighted by molar-refractivity contribution is 6.10. The standard InChI is InChI=1S/C21H24O5/c1-11(2)5-6-14-16(26-4)8-12-7-13-9-21(3,25)10-15(22)17(13)20(24)18(12)19(14)23/h5-8,11,23-25H,9-10H2,1-4H3/b6-5+/t21-/m1/s1. The predicted molar refractivity (Wildman–Crippen MR) is 101 cm³/mol. The Hall–Kier alpha value is -2.53. The first-order valence-electron chi connectivity index (χ1n) is 8.67. The van der Waals surface area contributed by atoms with Crippen molar-refractivity contribution < 1.29 is 24.9 Å². The summed E-state index contributed by atoms with van der Waals surface area (Å²) in [6, 6.07) is 3.46. The maximum atomic E-state index is 12.5. The van der Waals surface area contributed by atoms with Crippen molar-refractivity contribution in [3.8, 4) is 17.2 Å². The number of benzene rings is 2. The topological polar surface area (TPSA) is 87.0 Å². The molecular formula is C21H24O5. The zero-order valence-corrected chi connectivity index (χ0v) is 15.5. The van der Waals surface area contributed by atoms with E-state index in [1.54, 1.807) is 25.1 Å². The van der Waals surface area contributed by atoms with Gasteiger partial charge in [-0.25, -0.2) is 0 Å². The fourth-order valence-corrected chi connectivity index (χ4v) is 3.56. The van der Waals surface area contributed by atoms with E-state index >= 15 is 0 Å². The lowest BCUT2D eigenvalue weighted by Crippen LogP contribution is -2.35. The van der Waals surface area contributed by atoms with Crippen LogP contribution in [0.2, 0.25) is 0 Å². The van der Waals surface area contributed by atoms with Gasteiger partial charge in [0, 0.05) is 12.8 Å². The Morgan fingerprint density at radius 3 is 2.50 bits per heavy atom. The SMILES string of the molecule is COc1cc2cc3c(c(O)c2c(O)c1/C=C/C(C)C)C(=O)C[C@](C)(O)C3. The summed E-state index contributed by atoms with van der Waals surface area (Å²) in [5, 5.41) is 32.6. The lowest BCUT2D eigenvalue weighted by Gasteiger charge is -2.30. The second-order valence-electron chi connectivity index (χ2n) is 7.58. The smallest absolute Gasteiger partial charge is 0.169 e. The average molecular weight is 356 g/mol. The number of carbonyl (C=O) groups excluding carboxylic acids is 1. The molecule has 3 N–H and O–H groups in total. The molecule has 0 radical (unpaired) electrons. The van der Waals surface area contributed by atoms with E-state index in [0.29, 0.717) is 22.3 Å². The van der Waals surface area contributed by atoms with Gasteiger partial charge in [-0.3, -0.25) is 4.79 Å². The molecule has 5 heteroatoms. The van der Waals surface area contributed by atoms with Crippen LogP contribution >= 0.6 is 0 Å². The number of allylic oxidation sites excluding steroid dienone is 1. The molecule has 0 heterocycles. The molecule has 1 aliphatic rings. The number of phenolic OH excluding ortho intramolecular Hbond substituents is 2. The molecule has 2 aromatic rings. The van der Waals surface area contributed by atoms with Gasteiger partial charge >= 0.3 is 0 Å². The minimum absolute atomic E-state index is 0.0594. The summed E-state index contributed by atoms with van der Waals surface area (Å²) >= 11 is 0. The van der Waals surface area contributed by atoms with Gasteiger partial charge in [-0.05, 0) is 35.9 Å². The number of rotatable bonds is 3. The molecular weight excluding hydrogens is 332 g/mol. The van der Waals surface area contributed by atoms with Gasteiger partial charge in [-0.1, -0.05) is 26.0 Å². The van der Waals surface area contributed by atoms with E-state index in [1.165, 1.54) is 7.11 Å². The Kier molecular flexibility index (Phi) is 4.44. The fourth-order valence-electron chi connectivity index (χ4n) is 3.56. The second kappa shape index (κ2) is 6.32. The van der Waals surface area contributed by atoms with Crippen LogP contribution in [-0.2, 0) is 6.42 Å². The Morgan fingerprint density at radius 2 is 1.88 bits per heavy atom. The van der Waals surface area contributed by atoms with E-state index in [-0.39, 0.29) is 47.0 Å². The fraction of sp³-hybridized carbons (Fsp3) is 0.381. The number of aliphatic hydroxyl groups is 1. The normalized spacial score (nSPS) is 20.2. The number of aromatic hydroxyl groups is 2. The van der Waals surface area contributed by atoms with Crippen molar-refractivity contribution in [3.05, 3.63) is 34.9 Å². The van der Waals surface area contributed by atoms with Crippen molar-refractivity contribution in [1.82, 2.24) is 0 Å². The number of phenols is 2. The molecule has 2 aromatic carbocycles. The van der Waals surface area contributed by atoms with Crippen molar-refractivity contribution in [2.75, 3.05) is 7.11 Å². The molecule has 26 heavy (non-hydrogen) atoms. The van der Waals surface area contributed by atoms with Crippen LogP contribution < -0.4 is 4.74 Å². The number of methoxy groups -OCH3 is 1. The van der Waals surface area contributed by atoms with Crippen molar-refractivity contribution in [1.29, 1.82) is 0 Å². The molecule has 1 atom stereocenters. The molecule has 0 spiro atoms. The van der Waals surface area contributed by atoms with E-state index in [0.717, 1.165) is 0 Å². The van der Waals surface area contributed by atoms with Crippen LogP contribution in [0.15, 0.2) is 18.2 Å². The van der Waals surface area contributed by atoms with Crippen LogP contribution in [-0.4, -0.2) is 33.8 Å². The Morgan fingerprint density at radius 1 is 1.19 bits per heavy atom. The number of fused-ring (bicyclic) bond motifs is 2. The minimum atomic E-state index is -1.14. The third-order valence-corrected chi connectivity index (χ3v) is 4.72. The first kappa shape index (κ1) is 18.3. The van der Waals surface area contributed by atoms with Gasteiger partial charge in [0.15, 0.2) is 5.78 Å². The second-order valence-corrected chi connectivity index (χ2v) is 7.58. The summed E-state index contributed by atoms with van der Waals surface area (Å²) in [7, 11) is 1.51. The molecule has 1 aliphatic carbocycles. The Labute approximate surface area is 152 Å². The van der Waals surface area contributed by atoms with Gasteiger partial charge in [0.05, 0.1) is 29.2 Å². The van der Waals surface area contributed by atoms with Gasteiger partial charge < -0.3 is 20.1 Å². The first-order chi connectivity index (χ1) is 12.1. The Balaban J connectivity index is 2.33. The quantitative estimate of drug-likeness (QED) is 0.778.